The molecular weight excluding hydrogens is 190 g/mol. The van der Waals surface area contributed by atoms with E-state index in [4.69, 9.17) is 5.73 Å². The molecule has 0 atom stereocenters. The lowest BCUT2D eigenvalue weighted by molar-refractivity contribution is 0.877. The van der Waals surface area contributed by atoms with E-state index in [9.17, 15) is 0 Å². The lowest BCUT2D eigenvalue weighted by atomic mass is 10.4. The lowest BCUT2D eigenvalue weighted by Gasteiger charge is -2.11. The first-order chi connectivity index (χ1) is 7.16. The molecule has 0 bridgehead atoms. The van der Waals surface area contributed by atoms with Crippen LogP contribution < -0.4 is 10.6 Å². The fourth-order valence-electron chi connectivity index (χ4n) is 1.26. The summed E-state index contributed by atoms with van der Waals surface area (Å²) < 4.78 is 1.70. The average molecular weight is 203 g/mol. The van der Waals surface area contributed by atoms with Crippen LogP contribution in [0.5, 0.6) is 0 Å². The quantitative estimate of drug-likeness (QED) is 0.788. The molecule has 2 heterocycles. The first-order valence-corrected chi connectivity index (χ1v) is 4.62. The fraction of sp³-hybridized carbons (Fsp3) is 0.200. The highest BCUT2D eigenvalue weighted by atomic mass is 15.3. The molecule has 2 aromatic heterocycles. The molecule has 2 N–H and O–H groups in total. The Hall–Kier alpha value is -2.04. The smallest absolute Gasteiger partial charge is 0.145 e. The molecule has 15 heavy (non-hydrogen) atoms. The Morgan fingerprint density at radius 3 is 2.53 bits per heavy atom. The summed E-state index contributed by atoms with van der Waals surface area (Å²) in [5.41, 5.74) is 6.43. The van der Waals surface area contributed by atoms with E-state index < -0.39 is 0 Å². The molecule has 0 unspecified atom stereocenters. The molecule has 0 spiro atoms. The Kier molecular flexibility index (Phi) is 2.29. The summed E-state index contributed by atoms with van der Waals surface area (Å²) in [5.74, 6) is 1.42. The summed E-state index contributed by atoms with van der Waals surface area (Å²) in [6.07, 6.45) is 3.57. The third-order valence-corrected chi connectivity index (χ3v) is 2.06. The van der Waals surface area contributed by atoms with E-state index in [1.54, 1.807) is 16.9 Å². The predicted molar refractivity (Wildman–Crippen MR) is 60.1 cm³/mol. The number of rotatable bonds is 2. The van der Waals surface area contributed by atoms with Gasteiger partial charge in [0.15, 0.2) is 0 Å². The van der Waals surface area contributed by atoms with Gasteiger partial charge in [-0.25, -0.2) is 9.67 Å². The Morgan fingerprint density at radius 2 is 2.07 bits per heavy atom. The normalized spacial score (nSPS) is 10.3. The molecule has 0 saturated carbocycles. The maximum absolute atomic E-state index is 5.53. The van der Waals surface area contributed by atoms with Gasteiger partial charge in [0.25, 0.3) is 0 Å². The Bertz CT molecular complexity index is 443. The van der Waals surface area contributed by atoms with Crippen LogP contribution in [-0.2, 0) is 0 Å². The molecule has 0 radical (unpaired) electrons. The monoisotopic (exact) mass is 203 g/mol. The molecule has 0 aliphatic carbocycles. The molecule has 0 aliphatic heterocycles. The molecule has 0 aliphatic rings. The van der Waals surface area contributed by atoms with Crippen LogP contribution in [0.15, 0.2) is 30.6 Å². The molecule has 5 nitrogen and oxygen atoms in total. The molecular formula is C10H13N5. The first-order valence-electron chi connectivity index (χ1n) is 4.62. The number of nitrogens with two attached hydrogens (primary N) is 1. The van der Waals surface area contributed by atoms with E-state index in [0.717, 1.165) is 11.5 Å². The molecule has 0 saturated heterocycles. The van der Waals surface area contributed by atoms with Gasteiger partial charge in [-0.2, -0.15) is 5.10 Å². The van der Waals surface area contributed by atoms with E-state index >= 15 is 0 Å². The van der Waals surface area contributed by atoms with Gasteiger partial charge in [0.05, 0.1) is 11.9 Å². The highest BCUT2D eigenvalue weighted by Crippen LogP contribution is 2.11. The van der Waals surface area contributed by atoms with Crippen LogP contribution >= 0.6 is 0 Å². The van der Waals surface area contributed by atoms with Gasteiger partial charge < -0.3 is 10.6 Å². The minimum atomic E-state index is 0.506. The van der Waals surface area contributed by atoms with Gasteiger partial charge in [-0.15, -0.1) is 0 Å². The topological polar surface area (TPSA) is 60.0 Å². The second-order valence-corrected chi connectivity index (χ2v) is 3.45. The standard InChI is InChI=1S/C10H13N5/c1-14(2)10-4-3-8(7-12-10)15-6-5-9(11)13-15/h3-7H,1-2H3,(H2,11,13). The average Bonchev–Trinajstić information content (AvgIpc) is 2.65. The lowest BCUT2D eigenvalue weighted by Crippen LogP contribution is -2.10. The summed E-state index contributed by atoms with van der Waals surface area (Å²) in [7, 11) is 3.90. The van der Waals surface area contributed by atoms with Crippen molar-refractivity contribution in [2.75, 3.05) is 24.7 Å². The highest BCUT2D eigenvalue weighted by Gasteiger charge is 2.00. The molecule has 78 valence electrons. The maximum Gasteiger partial charge on any atom is 0.145 e. The van der Waals surface area contributed by atoms with Gasteiger partial charge in [-0.05, 0) is 12.1 Å². The van der Waals surface area contributed by atoms with Crippen molar-refractivity contribution in [1.29, 1.82) is 0 Å². The van der Waals surface area contributed by atoms with Crippen molar-refractivity contribution in [3.63, 3.8) is 0 Å². The largest absolute Gasteiger partial charge is 0.382 e. The second-order valence-electron chi connectivity index (χ2n) is 3.45. The van der Waals surface area contributed by atoms with Gasteiger partial charge >= 0.3 is 0 Å². The number of hydrogen-bond donors (Lipinski definition) is 1. The summed E-state index contributed by atoms with van der Waals surface area (Å²) >= 11 is 0. The Labute approximate surface area is 88.1 Å². The van der Waals surface area contributed by atoms with E-state index in [2.05, 4.69) is 10.1 Å². The summed E-state index contributed by atoms with van der Waals surface area (Å²) in [6, 6.07) is 5.64. The zero-order valence-corrected chi connectivity index (χ0v) is 8.75. The number of nitrogens with zero attached hydrogens (tertiary/aromatic N) is 4. The van der Waals surface area contributed by atoms with Crippen LogP contribution in [0.2, 0.25) is 0 Å². The highest BCUT2D eigenvalue weighted by molar-refractivity contribution is 5.42. The summed E-state index contributed by atoms with van der Waals surface area (Å²) in [5, 5.41) is 4.10. The number of pyridine rings is 1. The Balaban J connectivity index is 2.31. The van der Waals surface area contributed by atoms with Crippen molar-refractivity contribution in [2.45, 2.75) is 0 Å². The SMILES string of the molecule is CN(C)c1ccc(-n2ccc(N)n2)cn1. The molecule has 0 aromatic carbocycles. The van der Waals surface area contributed by atoms with Gasteiger partial charge in [0.2, 0.25) is 0 Å². The number of aromatic nitrogens is 3. The summed E-state index contributed by atoms with van der Waals surface area (Å²) in [4.78, 5) is 6.23. The third-order valence-electron chi connectivity index (χ3n) is 2.06. The zero-order chi connectivity index (χ0) is 10.8. The zero-order valence-electron chi connectivity index (χ0n) is 8.75. The van der Waals surface area contributed by atoms with Gasteiger partial charge in [-0.1, -0.05) is 0 Å². The van der Waals surface area contributed by atoms with Crippen molar-refractivity contribution in [3.05, 3.63) is 30.6 Å². The van der Waals surface area contributed by atoms with Gasteiger partial charge in [0.1, 0.15) is 11.6 Å². The van der Waals surface area contributed by atoms with Crippen LogP contribution in [0.4, 0.5) is 11.6 Å². The minimum Gasteiger partial charge on any atom is -0.382 e. The first kappa shape index (κ1) is 9.51. The van der Waals surface area contributed by atoms with E-state index in [-0.39, 0.29) is 0 Å². The fourth-order valence-corrected chi connectivity index (χ4v) is 1.26. The van der Waals surface area contributed by atoms with Crippen molar-refractivity contribution >= 4 is 11.6 Å². The van der Waals surface area contributed by atoms with Gasteiger partial charge in [0, 0.05) is 26.4 Å². The van der Waals surface area contributed by atoms with Crippen LogP contribution in [0.1, 0.15) is 0 Å². The van der Waals surface area contributed by atoms with Crippen molar-refractivity contribution < 1.29 is 0 Å². The second kappa shape index (κ2) is 3.61. The van der Waals surface area contributed by atoms with Crippen LogP contribution in [-0.4, -0.2) is 28.9 Å². The maximum atomic E-state index is 5.53. The van der Waals surface area contributed by atoms with E-state index in [1.807, 2.05) is 37.3 Å². The van der Waals surface area contributed by atoms with Crippen LogP contribution in [0.3, 0.4) is 0 Å². The summed E-state index contributed by atoms with van der Waals surface area (Å²) in [6.45, 7) is 0. The minimum absolute atomic E-state index is 0.506. The van der Waals surface area contributed by atoms with Crippen molar-refractivity contribution in [3.8, 4) is 5.69 Å². The van der Waals surface area contributed by atoms with Crippen LogP contribution in [0.25, 0.3) is 5.69 Å². The number of anilines is 2. The van der Waals surface area contributed by atoms with Gasteiger partial charge in [-0.3, -0.25) is 0 Å². The molecule has 5 heteroatoms. The molecule has 0 amide bonds. The van der Waals surface area contributed by atoms with Crippen molar-refractivity contribution in [1.82, 2.24) is 14.8 Å². The number of hydrogen-bond acceptors (Lipinski definition) is 4. The van der Waals surface area contributed by atoms with E-state index in [1.165, 1.54) is 0 Å². The van der Waals surface area contributed by atoms with Crippen molar-refractivity contribution in [2.24, 2.45) is 0 Å². The molecule has 2 aromatic rings. The van der Waals surface area contributed by atoms with E-state index in [0.29, 0.717) is 5.82 Å². The Morgan fingerprint density at radius 1 is 1.27 bits per heavy atom. The molecule has 0 fully saturated rings. The predicted octanol–water partition coefficient (Wildman–Crippen LogP) is 0.915. The molecule has 2 rings (SSSR count). The van der Waals surface area contributed by atoms with Crippen LogP contribution in [0, 0.1) is 0 Å². The number of nitrogen functional groups attached to an aromatic ring is 1. The third kappa shape index (κ3) is 1.90.